The summed E-state index contributed by atoms with van der Waals surface area (Å²) in [7, 11) is 0. The lowest BCUT2D eigenvalue weighted by molar-refractivity contribution is -0.137. The largest absolute Gasteiger partial charge is 0.490 e. The SMILES string of the molecule is C#CC1CC[C@@H](C#N)N1C(=O)CN[C@H]1CC[C@H](Oc2ccc(C(F)(F)F)cc2-c2ccc(F)cc2)CC1. The summed E-state index contributed by atoms with van der Waals surface area (Å²) in [6.45, 7) is 0.0835. The van der Waals surface area contributed by atoms with E-state index in [-0.39, 0.29) is 36.2 Å². The third-order valence-corrected chi connectivity index (χ3v) is 6.99. The Kier molecular flexibility index (Phi) is 8.04. The molecule has 1 amide bonds. The van der Waals surface area contributed by atoms with Gasteiger partial charge in [0.15, 0.2) is 0 Å². The summed E-state index contributed by atoms with van der Waals surface area (Å²) in [4.78, 5) is 14.2. The Hall–Kier alpha value is -3.56. The summed E-state index contributed by atoms with van der Waals surface area (Å²) in [6, 6.07) is 9.93. The molecule has 9 heteroatoms. The maximum atomic E-state index is 13.4. The van der Waals surface area contributed by atoms with Crippen molar-refractivity contribution in [3.63, 3.8) is 0 Å². The first-order chi connectivity index (χ1) is 17.7. The number of benzene rings is 2. The summed E-state index contributed by atoms with van der Waals surface area (Å²) >= 11 is 0. The van der Waals surface area contributed by atoms with Crippen LogP contribution >= 0.6 is 0 Å². The average molecular weight is 514 g/mol. The van der Waals surface area contributed by atoms with Gasteiger partial charge < -0.3 is 15.0 Å². The third kappa shape index (κ3) is 6.23. The normalized spacial score (nSPS) is 23.8. The van der Waals surface area contributed by atoms with Crippen LogP contribution in [0.25, 0.3) is 11.1 Å². The molecule has 1 unspecified atom stereocenters. The van der Waals surface area contributed by atoms with E-state index in [4.69, 9.17) is 11.2 Å². The molecule has 1 aliphatic carbocycles. The summed E-state index contributed by atoms with van der Waals surface area (Å²) in [6.07, 6.45) is 4.70. The van der Waals surface area contributed by atoms with Crippen LogP contribution in [-0.2, 0) is 11.0 Å². The number of terminal acetylenes is 1. The minimum atomic E-state index is -4.52. The highest BCUT2D eigenvalue weighted by atomic mass is 19.4. The fraction of sp³-hybridized carbons (Fsp3) is 0.429. The number of ether oxygens (including phenoxy) is 1. The molecule has 1 N–H and O–H groups in total. The molecule has 194 valence electrons. The van der Waals surface area contributed by atoms with E-state index in [1.165, 1.54) is 35.2 Å². The van der Waals surface area contributed by atoms with E-state index in [1.807, 2.05) is 0 Å². The van der Waals surface area contributed by atoms with E-state index < -0.39 is 23.6 Å². The van der Waals surface area contributed by atoms with Crippen LogP contribution in [0.5, 0.6) is 5.75 Å². The predicted molar refractivity (Wildman–Crippen MR) is 130 cm³/mol. The van der Waals surface area contributed by atoms with Crippen LogP contribution in [0.3, 0.4) is 0 Å². The third-order valence-electron chi connectivity index (χ3n) is 6.99. The smallest absolute Gasteiger partial charge is 0.416 e. The Balaban J connectivity index is 1.37. The van der Waals surface area contributed by atoms with Gasteiger partial charge in [0.05, 0.1) is 30.3 Å². The molecule has 1 saturated heterocycles. The second-order valence-corrected chi connectivity index (χ2v) is 9.39. The Labute approximate surface area is 213 Å². The topological polar surface area (TPSA) is 65.4 Å². The Morgan fingerprint density at radius 2 is 1.73 bits per heavy atom. The van der Waals surface area contributed by atoms with Crippen molar-refractivity contribution in [1.29, 1.82) is 5.26 Å². The van der Waals surface area contributed by atoms with Crippen molar-refractivity contribution in [2.75, 3.05) is 6.54 Å². The van der Waals surface area contributed by atoms with Gasteiger partial charge in [0.2, 0.25) is 5.91 Å². The number of amides is 1. The summed E-state index contributed by atoms with van der Waals surface area (Å²) in [5.74, 6) is 2.22. The Morgan fingerprint density at radius 3 is 2.35 bits per heavy atom. The number of carbonyl (C=O) groups excluding carboxylic acids is 1. The molecule has 0 aromatic heterocycles. The van der Waals surface area contributed by atoms with Crippen molar-refractivity contribution in [2.24, 2.45) is 0 Å². The standard InChI is InChI=1S/C28H27F4N3O2/c1-2-22-10-11-23(16-33)35(22)27(36)17-34-21-8-12-24(13-9-21)37-26-14-5-19(28(30,31)32)15-25(26)18-3-6-20(29)7-4-18/h1,3-7,14-15,21-24,34H,8-13,17H2/t21-,22?,23-,24-/m0/s1. The molecule has 2 aliphatic rings. The second kappa shape index (κ2) is 11.2. The van der Waals surface area contributed by atoms with Gasteiger partial charge in [-0.25, -0.2) is 4.39 Å². The van der Waals surface area contributed by atoms with Crippen molar-refractivity contribution < 1.29 is 27.1 Å². The molecular weight excluding hydrogens is 486 g/mol. The summed E-state index contributed by atoms with van der Waals surface area (Å²) in [5, 5.41) is 12.6. The lowest BCUT2D eigenvalue weighted by atomic mass is 9.92. The monoisotopic (exact) mass is 513 g/mol. The molecule has 2 atom stereocenters. The van der Waals surface area contributed by atoms with Crippen molar-refractivity contribution in [1.82, 2.24) is 10.2 Å². The molecule has 2 aromatic carbocycles. The first-order valence-corrected chi connectivity index (χ1v) is 12.2. The molecule has 0 spiro atoms. The van der Waals surface area contributed by atoms with Crippen molar-refractivity contribution in [3.8, 4) is 35.3 Å². The number of alkyl halides is 3. The molecule has 1 heterocycles. The number of rotatable bonds is 6. The van der Waals surface area contributed by atoms with Crippen LogP contribution < -0.4 is 10.1 Å². The van der Waals surface area contributed by atoms with Crippen molar-refractivity contribution in [2.45, 2.75) is 68.9 Å². The number of hydrogen-bond acceptors (Lipinski definition) is 4. The predicted octanol–water partition coefficient (Wildman–Crippen LogP) is 5.31. The highest BCUT2D eigenvalue weighted by molar-refractivity contribution is 5.80. The van der Waals surface area contributed by atoms with Crippen LogP contribution in [0.4, 0.5) is 17.6 Å². The molecule has 1 saturated carbocycles. The molecule has 5 nitrogen and oxygen atoms in total. The summed E-state index contributed by atoms with van der Waals surface area (Å²) < 4.78 is 59.5. The molecule has 0 radical (unpaired) electrons. The molecule has 1 aliphatic heterocycles. The zero-order chi connectivity index (χ0) is 26.6. The van der Waals surface area contributed by atoms with E-state index in [1.54, 1.807) is 0 Å². The molecule has 4 rings (SSSR count). The lowest BCUT2D eigenvalue weighted by Crippen LogP contribution is -2.47. The van der Waals surface area contributed by atoms with Gasteiger partial charge in [-0.2, -0.15) is 18.4 Å². The van der Waals surface area contributed by atoms with Crippen LogP contribution in [0.1, 0.15) is 44.1 Å². The van der Waals surface area contributed by atoms with Gasteiger partial charge in [0.25, 0.3) is 0 Å². The highest BCUT2D eigenvalue weighted by Gasteiger charge is 2.36. The van der Waals surface area contributed by atoms with Crippen LogP contribution in [0, 0.1) is 29.5 Å². The quantitative estimate of drug-likeness (QED) is 0.420. The lowest BCUT2D eigenvalue weighted by Gasteiger charge is -2.31. The molecular formula is C28H27F4N3O2. The van der Waals surface area contributed by atoms with Crippen LogP contribution in [0.15, 0.2) is 42.5 Å². The molecule has 0 bridgehead atoms. The highest BCUT2D eigenvalue weighted by Crippen LogP contribution is 2.38. The van der Waals surface area contributed by atoms with Gasteiger partial charge in [-0.05, 0) is 74.4 Å². The van der Waals surface area contributed by atoms with Gasteiger partial charge >= 0.3 is 6.18 Å². The van der Waals surface area contributed by atoms with Crippen LogP contribution in [0.2, 0.25) is 0 Å². The Bertz CT molecular complexity index is 1170. The zero-order valence-corrected chi connectivity index (χ0v) is 20.1. The summed E-state index contributed by atoms with van der Waals surface area (Å²) in [5.41, 5.74) is -0.124. The minimum absolute atomic E-state index is 0.0698. The number of nitriles is 1. The van der Waals surface area contributed by atoms with Gasteiger partial charge in [-0.3, -0.25) is 4.79 Å². The number of nitrogens with zero attached hydrogens (tertiary/aromatic N) is 2. The van der Waals surface area contributed by atoms with E-state index in [0.717, 1.165) is 12.1 Å². The fourth-order valence-electron chi connectivity index (χ4n) is 5.00. The molecule has 37 heavy (non-hydrogen) atoms. The number of halogens is 4. The van der Waals surface area contributed by atoms with Crippen LogP contribution in [-0.4, -0.2) is 41.6 Å². The van der Waals surface area contributed by atoms with Crippen molar-refractivity contribution in [3.05, 3.63) is 53.8 Å². The number of likely N-dealkylation sites (tertiary alicyclic amines) is 1. The maximum absolute atomic E-state index is 13.4. The first-order valence-electron chi connectivity index (χ1n) is 12.2. The Morgan fingerprint density at radius 1 is 1.05 bits per heavy atom. The number of carbonyl (C=O) groups is 1. The fourth-order valence-corrected chi connectivity index (χ4v) is 5.00. The van der Waals surface area contributed by atoms with E-state index in [0.29, 0.717) is 49.8 Å². The molecule has 2 aromatic rings. The number of nitrogens with one attached hydrogen (secondary N) is 1. The zero-order valence-electron chi connectivity index (χ0n) is 20.1. The van der Waals surface area contributed by atoms with E-state index in [2.05, 4.69) is 17.3 Å². The van der Waals surface area contributed by atoms with E-state index >= 15 is 0 Å². The number of hydrogen-bond donors (Lipinski definition) is 1. The molecule has 2 fully saturated rings. The second-order valence-electron chi connectivity index (χ2n) is 9.39. The minimum Gasteiger partial charge on any atom is -0.490 e. The van der Waals surface area contributed by atoms with Gasteiger partial charge in [-0.1, -0.05) is 18.1 Å². The van der Waals surface area contributed by atoms with Gasteiger partial charge in [0.1, 0.15) is 17.6 Å². The maximum Gasteiger partial charge on any atom is 0.416 e. The average Bonchev–Trinajstić information content (AvgIpc) is 3.32. The van der Waals surface area contributed by atoms with Gasteiger partial charge in [0, 0.05) is 11.6 Å². The van der Waals surface area contributed by atoms with Crippen molar-refractivity contribution >= 4 is 5.91 Å². The van der Waals surface area contributed by atoms with E-state index in [9.17, 15) is 27.6 Å². The first kappa shape index (κ1) is 26.5. The van der Waals surface area contributed by atoms with Gasteiger partial charge in [-0.15, -0.1) is 6.42 Å².